The maximum atomic E-state index is 10.7. The molecule has 0 bridgehead atoms. The van der Waals surface area contributed by atoms with Gasteiger partial charge in [-0.2, -0.15) is 0 Å². The summed E-state index contributed by atoms with van der Waals surface area (Å²) in [7, 11) is 0. The molecule has 0 saturated carbocycles. The van der Waals surface area contributed by atoms with Gasteiger partial charge in [0.1, 0.15) is 0 Å². The van der Waals surface area contributed by atoms with Gasteiger partial charge in [-0.3, -0.25) is 9.59 Å². The van der Waals surface area contributed by atoms with Crippen LogP contribution in [-0.2, 0) is 9.59 Å². The molecule has 0 heterocycles. The van der Waals surface area contributed by atoms with Gasteiger partial charge in [0.15, 0.2) is 0 Å². The van der Waals surface area contributed by atoms with Gasteiger partial charge in [0, 0.05) is 6.42 Å². The minimum Gasteiger partial charge on any atom is -0.481 e. The summed E-state index contributed by atoms with van der Waals surface area (Å²) in [6, 6.07) is 9.31. The van der Waals surface area contributed by atoms with E-state index in [1.807, 2.05) is 37.3 Å². The van der Waals surface area contributed by atoms with Crippen molar-refractivity contribution in [3.63, 3.8) is 0 Å². The maximum Gasteiger partial charge on any atom is 0.310 e. The van der Waals surface area contributed by atoms with Crippen molar-refractivity contribution < 1.29 is 19.8 Å². The number of hydrogen-bond acceptors (Lipinski definition) is 2. The molecule has 0 aliphatic carbocycles. The Bertz CT molecular complexity index is 346. The number of rotatable bonds is 4. The second-order valence-electron chi connectivity index (χ2n) is 3.46. The zero-order valence-electron chi connectivity index (χ0n) is 10.1. The number of benzene rings is 1. The Kier molecular flexibility index (Phi) is 7.43. The summed E-state index contributed by atoms with van der Waals surface area (Å²) in [4.78, 5) is 20.1. The fourth-order valence-electron chi connectivity index (χ4n) is 1.24. The first kappa shape index (κ1) is 15.2. The lowest BCUT2D eigenvalue weighted by Crippen LogP contribution is -2.09. The number of carbonyl (C=O) groups is 2. The number of aliphatic carboxylic acids is 2. The molecule has 0 radical (unpaired) electrons. The van der Waals surface area contributed by atoms with Crippen LogP contribution >= 0.6 is 0 Å². The molecular formula is C13H18O4. The molecule has 0 aliphatic rings. The smallest absolute Gasteiger partial charge is 0.310 e. The van der Waals surface area contributed by atoms with Crippen molar-refractivity contribution in [3.05, 3.63) is 35.9 Å². The van der Waals surface area contributed by atoms with Crippen LogP contribution in [0.1, 0.15) is 38.2 Å². The molecule has 0 spiro atoms. The van der Waals surface area contributed by atoms with Gasteiger partial charge in [-0.25, -0.2) is 0 Å². The van der Waals surface area contributed by atoms with Crippen molar-refractivity contribution in [2.75, 3.05) is 0 Å². The highest BCUT2D eigenvalue weighted by atomic mass is 16.4. The van der Waals surface area contributed by atoms with Crippen molar-refractivity contribution in [2.45, 2.75) is 32.6 Å². The lowest BCUT2D eigenvalue weighted by atomic mass is 9.97. The summed E-state index contributed by atoms with van der Waals surface area (Å²) in [6.07, 6.45) is 0.860. The lowest BCUT2D eigenvalue weighted by Gasteiger charge is -2.08. The SMILES string of the molecule is CCC(=O)O.CCC(C(=O)O)c1ccccc1. The van der Waals surface area contributed by atoms with Crippen LogP contribution < -0.4 is 0 Å². The molecule has 4 heteroatoms. The molecule has 0 saturated heterocycles. The Balaban J connectivity index is 0.000000437. The van der Waals surface area contributed by atoms with Gasteiger partial charge in [-0.15, -0.1) is 0 Å². The molecule has 1 unspecified atom stereocenters. The van der Waals surface area contributed by atoms with Gasteiger partial charge in [-0.05, 0) is 12.0 Å². The molecule has 0 fully saturated rings. The van der Waals surface area contributed by atoms with E-state index in [0.717, 1.165) is 5.56 Å². The molecular weight excluding hydrogens is 220 g/mol. The Labute approximate surface area is 101 Å². The average Bonchev–Trinajstić information content (AvgIpc) is 2.31. The predicted molar refractivity (Wildman–Crippen MR) is 65.0 cm³/mol. The van der Waals surface area contributed by atoms with E-state index in [1.165, 1.54) is 0 Å². The number of carboxylic acid groups (broad SMARTS) is 2. The van der Waals surface area contributed by atoms with Crippen molar-refractivity contribution in [1.82, 2.24) is 0 Å². The van der Waals surface area contributed by atoms with E-state index < -0.39 is 11.9 Å². The molecule has 1 rings (SSSR count). The molecule has 17 heavy (non-hydrogen) atoms. The first-order valence-electron chi connectivity index (χ1n) is 5.52. The Morgan fingerprint density at radius 2 is 1.59 bits per heavy atom. The Morgan fingerprint density at radius 3 is 1.88 bits per heavy atom. The number of carboxylic acids is 2. The second kappa shape index (κ2) is 8.33. The molecule has 0 aromatic heterocycles. The predicted octanol–water partition coefficient (Wildman–Crippen LogP) is 2.75. The van der Waals surface area contributed by atoms with Crippen LogP contribution in [0.15, 0.2) is 30.3 Å². The van der Waals surface area contributed by atoms with Gasteiger partial charge in [0.05, 0.1) is 5.92 Å². The highest BCUT2D eigenvalue weighted by Gasteiger charge is 2.16. The van der Waals surface area contributed by atoms with Crippen molar-refractivity contribution in [3.8, 4) is 0 Å². The van der Waals surface area contributed by atoms with E-state index in [9.17, 15) is 9.59 Å². The number of hydrogen-bond donors (Lipinski definition) is 2. The maximum absolute atomic E-state index is 10.7. The Hall–Kier alpha value is -1.84. The minimum absolute atomic E-state index is 0.222. The van der Waals surface area contributed by atoms with Gasteiger partial charge in [-0.1, -0.05) is 44.2 Å². The van der Waals surface area contributed by atoms with E-state index in [1.54, 1.807) is 6.92 Å². The minimum atomic E-state index is -0.747. The third-order valence-electron chi connectivity index (χ3n) is 2.21. The third-order valence-corrected chi connectivity index (χ3v) is 2.21. The molecule has 4 nitrogen and oxygen atoms in total. The second-order valence-corrected chi connectivity index (χ2v) is 3.46. The molecule has 94 valence electrons. The van der Waals surface area contributed by atoms with Crippen LogP contribution in [0.2, 0.25) is 0 Å². The molecule has 1 atom stereocenters. The molecule has 1 aromatic rings. The van der Waals surface area contributed by atoms with Gasteiger partial charge < -0.3 is 10.2 Å². The monoisotopic (exact) mass is 238 g/mol. The summed E-state index contributed by atoms with van der Waals surface area (Å²) >= 11 is 0. The van der Waals surface area contributed by atoms with Crippen molar-refractivity contribution in [2.24, 2.45) is 0 Å². The molecule has 1 aromatic carbocycles. The third kappa shape index (κ3) is 6.35. The van der Waals surface area contributed by atoms with Crippen LogP contribution in [0.25, 0.3) is 0 Å². The van der Waals surface area contributed by atoms with Crippen molar-refractivity contribution >= 4 is 11.9 Å². The summed E-state index contributed by atoms with van der Waals surface area (Å²) in [6.45, 7) is 3.48. The van der Waals surface area contributed by atoms with Gasteiger partial charge >= 0.3 is 11.9 Å². The van der Waals surface area contributed by atoms with Gasteiger partial charge in [0.25, 0.3) is 0 Å². The van der Waals surface area contributed by atoms with E-state index >= 15 is 0 Å². The molecule has 0 amide bonds. The van der Waals surface area contributed by atoms with Crippen LogP contribution in [0.3, 0.4) is 0 Å². The highest BCUT2D eigenvalue weighted by molar-refractivity contribution is 5.75. The van der Waals surface area contributed by atoms with E-state index in [-0.39, 0.29) is 12.3 Å². The van der Waals surface area contributed by atoms with Crippen LogP contribution in [0.5, 0.6) is 0 Å². The van der Waals surface area contributed by atoms with Crippen LogP contribution in [-0.4, -0.2) is 22.2 Å². The first-order valence-corrected chi connectivity index (χ1v) is 5.52. The average molecular weight is 238 g/mol. The zero-order valence-corrected chi connectivity index (χ0v) is 10.1. The van der Waals surface area contributed by atoms with E-state index in [2.05, 4.69) is 0 Å². The summed E-state index contributed by atoms with van der Waals surface area (Å²) in [5, 5.41) is 16.5. The van der Waals surface area contributed by atoms with Gasteiger partial charge in [0.2, 0.25) is 0 Å². The molecule has 2 N–H and O–H groups in total. The summed E-state index contributed by atoms with van der Waals surface area (Å²) in [5.41, 5.74) is 0.882. The van der Waals surface area contributed by atoms with Crippen molar-refractivity contribution in [1.29, 1.82) is 0 Å². The zero-order chi connectivity index (χ0) is 13.3. The van der Waals surface area contributed by atoms with Crippen LogP contribution in [0.4, 0.5) is 0 Å². The largest absolute Gasteiger partial charge is 0.481 e. The quantitative estimate of drug-likeness (QED) is 0.845. The standard InChI is InChI=1S/C10H12O2.C3H6O2/c1-2-9(10(11)12)8-6-4-3-5-7-8;1-2-3(4)5/h3-7,9H,2H2,1H3,(H,11,12);2H2,1H3,(H,4,5). The highest BCUT2D eigenvalue weighted by Crippen LogP contribution is 2.18. The van der Waals surface area contributed by atoms with Crippen LogP contribution in [0, 0.1) is 0 Å². The topological polar surface area (TPSA) is 74.6 Å². The molecule has 0 aliphatic heterocycles. The van der Waals surface area contributed by atoms with E-state index in [4.69, 9.17) is 10.2 Å². The fraction of sp³-hybridized carbons (Fsp3) is 0.385. The first-order chi connectivity index (χ1) is 8.02. The Morgan fingerprint density at radius 1 is 1.12 bits per heavy atom. The summed E-state index contributed by atoms with van der Waals surface area (Å²) < 4.78 is 0. The summed E-state index contributed by atoms with van der Waals surface area (Å²) in [5.74, 6) is -1.85. The normalized spacial score (nSPS) is 10.9. The lowest BCUT2D eigenvalue weighted by molar-refractivity contribution is -0.139. The van der Waals surface area contributed by atoms with E-state index in [0.29, 0.717) is 6.42 Å². The fourth-order valence-corrected chi connectivity index (χ4v) is 1.24.